The number of carbonyl (C=O) groups excluding carboxylic acids is 1. The van der Waals surface area contributed by atoms with E-state index in [1.807, 2.05) is 30.3 Å². The fraction of sp³-hybridized carbons (Fsp3) is 0.200. The van der Waals surface area contributed by atoms with Crippen molar-refractivity contribution in [2.24, 2.45) is 0 Å². The van der Waals surface area contributed by atoms with E-state index in [0.29, 0.717) is 46.7 Å². The second kappa shape index (κ2) is 7.53. The number of fused-ring (bicyclic) bond motifs is 1. The molecule has 0 fully saturated rings. The molecule has 0 atom stereocenters. The second-order valence-electron chi connectivity index (χ2n) is 5.77. The lowest BCUT2D eigenvalue weighted by Gasteiger charge is -2.11. The Balaban J connectivity index is 2.13. The van der Waals surface area contributed by atoms with Crippen LogP contribution in [0, 0.1) is 6.92 Å². The Kier molecular flexibility index (Phi) is 5.19. The molecule has 25 heavy (non-hydrogen) atoms. The van der Waals surface area contributed by atoms with E-state index in [-0.39, 0.29) is 11.3 Å². The molecular weight excluding hydrogens is 338 g/mol. The van der Waals surface area contributed by atoms with E-state index in [1.165, 1.54) is 0 Å². The summed E-state index contributed by atoms with van der Waals surface area (Å²) in [5, 5.41) is 3.27. The number of halogens is 1. The van der Waals surface area contributed by atoms with Crippen LogP contribution in [0.3, 0.4) is 0 Å². The monoisotopic (exact) mass is 355 g/mol. The zero-order valence-electron chi connectivity index (χ0n) is 13.8. The first-order valence-electron chi connectivity index (χ1n) is 8.09. The molecule has 0 aliphatic rings. The first-order valence-corrected chi connectivity index (χ1v) is 8.63. The van der Waals surface area contributed by atoms with Gasteiger partial charge in [0, 0.05) is 23.4 Å². The molecule has 0 spiro atoms. The summed E-state index contributed by atoms with van der Waals surface area (Å²) < 4.78 is 6.06. The number of carbonyl (C=O) groups is 1. The molecule has 128 valence electrons. The Morgan fingerprint density at radius 1 is 1.12 bits per heavy atom. The lowest BCUT2D eigenvalue weighted by atomic mass is 10.1. The summed E-state index contributed by atoms with van der Waals surface area (Å²) in [6.45, 7) is 1.75. The van der Waals surface area contributed by atoms with Crippen LogP contribution in [-0.4, -0.2) is 11.8 Å². The van der Waals surface area contributed by atoms with Gasteiger partial charge in [-0.15, -0.1) is 11.6 Å². The van der Waals surface area contributed by atoms with Crippen LogP contribution in [0.15, 0.2) is 57.7 Å². The van der Waals surface area contributed by atoms with E-state index in [9.17, 15) is 9.59 Å². The highest BCUT2D eigenvalue weighted by molar-refractivity contribution is 6.18. The minimum Gasteiger partial charge on any atom is -0.453 e. The van der Waals surface area contributed by atoms with Crippen LogP contribution in [0.25, 0.3) is 22.3 Å². The zero-order valence-corrected chi connectivity index (χ0v) is 14.6. The molecule has 1 aromatic heterocycles. The number of nitrogens with one attached hydrogen (secondary N) is 1. The minimum absolute atomic E-state index is 0.100. The van der Waals surface area contributed by atoms with Crippen LogP contribution in [-0.2, 0) is 4.79 Å². The minimum atomic E-state index is -0.155. The average molecular weight is 356 g/mol. The van der Waals surface area contributed by atoms with Crippen molar-refractivity contribution in [3.8, 4) is 11.3 Å². The summed E-state index contributed by atoms with van der Waals surface area (Å²) in [4.78, 5) is 24.8. The SMILES string of the molecule is Cc1c(-c2ccccc2)oc2c(NC(=O)CCCCl)cccc2c1=O. The van der Waals surface area contributed by atoms with Crippen LogP contribution in [0.4, 0.5) is 5.69 Å². The second-order valence-corrected chi connectivity index (χ2v) is 6.15. The van der Waals surface area contributed by atoms with Crippen molar-refractivity contribution in [3.05, 3.63) is 64.3 Å². The van der Waals surface area contributed by atoms with Gasteiger partial charge in [0.25, 0.3) is 0 Å². The number of para-hydroxylation sites is 1. The van der Waals surface area contributed by atoms with Crippen molar-refractivity contribution < 1.29 is 9.21 Å². The number of benzene rings is 2. The number of amides is 1. The van der Waals surface area contributed by atoms with Gasteiger partial charge in [-0.3, -0.25) is 9.59 Å². The number of alkyl halides is 1. The molecule has 1 heterocycles. The lowest BCUT2D eigenvalue weighted by molar-refractivity contribution is -0.116. The number of anilines is 1. The summed E-state index contributed by atoms with van der Waals surface area (Å²) >= 11 is 5.63. The Morgan fingerprint density at radius 3 is 2.60 bits per heavy atom. The van der Waals surface area contributed by atoms with Gasteiger partial charge < -0.3 is 9.73 Å². The predicted octanol–water partition coefficient (Wildman–Crippen LogP) is 4.73. The third-order valence-electron chi connectivity index (χ3n) is 3.99. The maximum atomic E-state index is 12.7. The number of rotatable bonds is 5. The van der Waals surface area contributed by atoms with Crippen LogP contribution in [0.1, 0.15) is 18.4 Å². The Hall–Kier alpha value is -2.59. The molecule has 0 aliphatic carbocycles. The molecular formula is C20H18ClNO3. The van der Waals surface area contributed by atoms with Gasteiger partial charge in [-0.2, -0.15) is 0 Å². The molecule has 0 radical (unpaired) electrons. The molecule has 1 N–H and O–H groups in total. The normalized spacial score (nSPS) is 10.8. The topological polar surface area (TPSA) is 59.3 Å². The molecule has 3 rings (SSSR count). The standard InChI is InChI=1S/C20H18ClNO3/c1-13-18(24)15-9-5-10-16(22-17(23)11-6-12-21)20(15)25-19(13)14-7-3-2-4-8-14/h2-5,7-10H,6,11-12H2,1H3,(H,22,23). The van der Waals surface area contributed by atoms with Gasteiger partial charge in [-0.1, -0.05) is 36.4 Å². The molecule has 3 aromatic rings. The van der Waals surface area contributed by atoms with Crippen LogP contribution in [0.2, 0.25) is 0 Å². The highest BCUT2D eigenvalue weighted by Gasteiger charge is 2.15. The predicted molar refractivity (Wildman–Crippen MR) is 101 cm³/mol. The Morgan fingerprint density at radius 2 is 1.88 bits per heavy atom. The van der Waals surface area contributed by atoms with Crippen molar-refractivity contribution >= 4 is 34.2 Å². The van der Waals surface area contributed by atoms with Crippen molar-refractivity contribution in [1.82, 2.24) is 0 Å². The molecule has 0 unspecified atom stereocenters. The quantitative estimate of drug-likeness (QED) is 0.673. The maximum absolute atomic E-state index is 12.7. The molecule has 0 bridgehead atoms. The summed E-state index contributed by atoms with van der Waals surface area (Å²) in [7, 11) is 0. The molecule has 0 aliphatic heterocycles. The van der Waals surface area contributed by atoms with E-state index in [4.69, 9.17) is 16.0 Å². The van der Waals surface area contributed by atoms with Crippen LogP contribution < -0.4 is 10.7 Å². The molecule has 2 aromatic carbocycles. The fourth-order valence-electron chi connectivity index (χ4n) is 2.71. The van der Waals surface area contributed by atoms with Gasteiger partial charge in [0.2, 0.25) is 5.91 Å². The highest BCUT2D eigenvalue weighted by Crippen LogP contribution is 2.29. The van der Waals surface area contributed by atoms with E-state index in [1.54, 1.807) is 25.1 Å². The lowest BCUT2D eigenvalue weighted by Crippen LogP contribution is -2.13. The van der Waals surface area contributed by atoms with Crippen LogP contribution >= 0.6 is 11.6 Å². The number of hydrogen-bond acceptors (Lipinski definition) is 3. The molecule has 1 amide bonds. The maximum Gasteiger partial charge on any atom is 0.224 e. The number of hydrogen-bond donors (Lipinski definition) is 1. The smallest absolute Gasteiger partial charge is 0.224 e. The summed E-state index contributed by atoms with van der Waals surface area (Å²) in [5.74, 6) is 0.785. The van der Waals surface area contributed by atoms with Gasteiger partial charge in [-0.05, 0) is 25.5 Å². The third kappa shape index (κ3) is 3.59. The van der Waals surface area contributed by atoms with Gasteiger partial charge in [0.05, 0.1) is 11.1 Å². The zero-order chi connectivity index (χ0) is 17.8. The van der Waals surface area contributed by atoms with Gasteiger partial charge in [0.15, 0.2) is 11.0 Å². The van der Waals surface area contributed by atoms with E-state index < -0.39 is 0 Å². The molecule has 4 nitrogen and oxygen atoms in total. The Labute approximate surface area is 150 Å². The van der Waals surface area contributed by atoms with Crippen molar-refractivity contribution in [2.45, 2.75) is 19.8 Å². The fourth-order valence-corrected chi connectivity index (χ4v) is 2.85. The van der Waals surface area contributed by atoms with Gasteiger partial charge >= 0.3 is 0 Å². The Bertz CT molecular complexity index is 964. The third-order valence-corrected chi connectivity index (χ3v) is 4.26. The highest BCUT2D eigenvalue weighted by atomic mass is 35.5. The van der Waals surface area contributed by atoms with E-state index in [2.05, 4.69) is 5.32 Å². The van der Waals surface area contributed by atoms with E-state index in [0.717, 1.165) is 5.56 Å². The van der Waals surface area contributed by atoms with E-state index >= 15 is 0 Å². The summed E-state index contributed by atoms with van der Waals surface area (Å²) in [6, 6.07) is 14.6. The first kappa shape index (κ1) is 17.2. The molecule has 0 saturated heterocycles. The van der Waals surface area contributed by atoms with Crippen molar-refractivity contribution in [2.75, 3.05) is 11.2 Å². The van der Waals surface area contributed by atoms with Crippen molar-refractivity contribution in [3.63, 3.8) is 0 Å². The summed E-state index contributed by atoms with van der Waals surface area (Å²) in [5.41, 5.74) is 2.14. The van der Waals surface area contributed by atoms with Crippen molar-refractivity contribution in [1.29, 1.82) is 0 Å². The largest absolute Gasteiger partial charge is 0.453 e. The first-order chi connectivity index (χ1) is 12.1. The van der Waals surface area contributed by atoms with Gasteiger partial charge in [0.1, 0.15) is 5.76 Å². The average Bonchev–Trinajstić information content (AvgIpc) is 2.64. The summed E-state index contributed by atoms with van der Waals surface area (Å²) in [6.07, 6.45) is 0.915. The van der Waals surface area contributed by atoms with Crippen LogP contribution in [0.5, 0.6) is 0 Å². The molecule has 0 saturated carbocycles. The van der Waals surface area contributed by atoms with Gasteiger partial charge in [-0.25, -0.2) is 0 Å². The molecule has 5 heteroatoms.